The number of ether oxygens (including phenoxy) is 1. The van der Waals surface area contributed by atoms with E-state index in [-0.39, 0.29) is 23.5 Å². The average molecular weight is 399 g/mol. The first-order valence-electron chi connectivity index (χ1n) is 10.5. The first kappa shape index (κ1) is 20.1. The molecule has 7 heteroatoms. The summed E-state index contributed by atoms with van der Waals surface area (Å²) < 4.78 is 5.49. The molecule has 156 valence electrons. The molecule has 1 aliphatic heterocycles. The van der Waals surface area contributed by atoms with Crippen LogP contribution in [0.15, 0.2) is 42.9 Å². The predicted octanol–water partition coefficient (Wildman–Crippen LogP) is 1.71. The van der Waals surface area contributed by atoms with Crippen molar-refractivity contribution in [2.75, 3.05) is 32.8 Å². The Hall–Kier alpha value is -2.22. The van der Waals surface area contributed by atoms with E-state index in [2.05, 4.69) is 44.5 Å². The lowest BCUT2D eigenvalue weighted by Gasteiger charge is -2.37. The number of aliphatic hydroxyl groups is 1. The van der Waals surface area contributed by atoms with Crippen LogP contribution in [0, 0.1) is 0 Å². The average Bonchev–Trinajstić information content (AvgIpc) is 3.26. The van der Waals surface area contributed by atoms with Crippen molar-refractivity contribution in [3.05, 3.63) is 54.1 Å². The largest absolute Gasteiger partial charge is 0.391 e. The minimum atomic E-state index is -0.359. The minimum Gasteiger partial charge on any atom is -0.391 e. The van der Waals surface area contributed by atoms with Crippen molar-refractivity contribution in [3.8, 4) is 0 Å². The van der Waals surface area contributed by atoms with Crippen LogP contribution in [0.25, 0.3) is 0 Å². The molecule has 4 rings (SSSR count). The Morgan fingerprint density at radius 3 is 2.72 bits per heavy atom. The number of aromatic amines is 1. The number of H-pyrrole nitrogens is 1. The van der Waals surface area contributed by atoms with Crippen LogP contribution in [0.3, 0.4) is 0 Å². The number of carbonyl (C=O) groups excluding carboxylic acids is 1. The van der Waals surface area contributed by atoms with Crippen LogP contribution in [-0.2, 0) is 10.2 Å². The first-order chi connectivity index (χ1) is 14.2. The monoisotopic (exact) mass is 398 g/mol. The number of nitrogens with zero attached hydrogens (tertiary/aromatic N) is 2. The Morgan fingerprint density at radius 1 is 1.24 bits per heavy atom. The van der Waals surface area contributed by atoms with Crippen molar-refractivity contribution in [1.29, 1.82) is 0 Å². The van der Waals surface area contributed by atoms with Gasteiger partial charge in [0.2, 0.25) is 0 Å². The number of imidazole rings is 1. The fraction of sp³-hybridized carbons (Fsp3) is 0.545. The van der Waals surface area contributed by atoms with Gasteiger partial charge in [-0.2, -0.15) is 0 Å². The summed E-state index contributed by atoms with van der Waals surface area (Å²) in [5.41, 5.74) is 1.49. The summed E-state index contributed by atoms with van der Waals surface area (Å²) in [6.07, 6.45) is 6.06. The fourth-order valence-electron chi connectivity index (χ4n) is 4.78. The van der Waals surface area contributed by atoms with Crippen LogP contribution in [0.1, 0.15) is 41.7 Å². The van der Waals surface area contributed by atoms with Crippen LogP contribution in [0.2, 0.25) is 0 Å². The van der Waals surface area contributed by atoms with Gasteiger partial charge >= 0.3 is 0 Å². The lowest BCUT2D eigenvalue weighted by atomic mass is 9.74. The van der Waals surface area contributed by atoms with Gasteiger partial charge in [-0.05, 0) is 31.2 Å². The molecule has 0 bridgehead atoms. The number of morpholine rings is 1. The number of nitrogens with one attached hydrogen (secondary N) is 2. The lowest BCUT2D eigenvalue weighted by Crippen LogP contribution is -2.48. The first-order valence-corrected chi connectivity index (χ1v) is 10.5. The fourth-order valence-corrected chi connectivity index (χ4v) is 4.78. The standard InChI is InChI=1S/C22H30N4O3/c27-20-7-9-22(17-4-2-1-3-5-17,15-24-21(28)18-14-23-16-25-18)8-6-19(20)26-10-12-29-13-11-26/h1-5,14,16,19-20,27H,6-13,15H2,(H,23,25)(H,24,28)/t19-,20-,22+/m0/s1. The number of rotatable bonds is 5. The van der Waals surface area contributed by atoms with Crippen LogP contribution in [-0.4, -0.2) is 70.9 Å². The van der Waals surface area contributed by atoms with Gasteiger partial charge in [-0.1, -0.05) is 30.3 Å². The van der Waals surface area contributed by atoms with E-state index in [1.165, 1.54) is 18.1 Å². The van der Waals surface area contributed by atoms with Gasteiger partial charge in [0.15, 0.2) is 0 Å². The highest BCUT2D eigenvalue weighted by Crippen LogP contribution is 2.39. The third kappa shape index (κ3) is 4.52. The normalized spacial score (nSPS) is 28.6. The zero-order valence-corrected chi connectivity index (χ0v) is 16.7. The molecule has 0 unspecified atom stereocenters. The predicted molar refractivity (Wildman–Crippen MR) is 110 cm³/mol. The maximum Gasteiger partial charge on any atom is 0.269 e. The molecule has 2 aromatic rings. The molecular weight excluding hydrogens is 368 g/mol. The van der Waals surface area contributed by atoms with Crippen molar-refractivity contribution in [1.82, 2.24) is 20.2 Å². The number of aromatic nitrogens is 2. The van der Waals surface area contributed by atoms with Gasteiger partial charge in [0.05, 0.1) is 31.8 Å². The van der Waals surface area contributed by atoms with Gasteiger partial charge < -0.3 is 20.1 Å². The number of hydrogen-bond donors (Lipinski definition) is 3. The summed E-state index contributed by atoms with van der Waals surface area (Å²) in [5.74, 6) is -0.146. The molecule has 3 N–H and O–H groups in total. The molecule has 1 saturated heterocycles. The Bertz CT molecular complexity index is 777. The van der Waals surface area contributed by atoms with Crippen LogP contribution >= 0.6 is 0 Å². The van der Waals surface area contributed by atoms with Crippen LogP contribution in [0.4, 0.5) is 0 Å². The summed E-state index contributed by atoms with van der Waals surface area (Å²) in [7, 11) is 0. The Morgan fingerprint density at radius 2 is 2.00 bits per heavy atom. The Balaban J connectivity index is 1.53. The molecule has 0 radical (unpaired) electrons. The number of hydrogen-bond acceptors (Lipinski definition) is 5. The van der Waals surface area contributed by atoms with Crippen molar-refractivity contribution in [3.63, 3.8) is 0 Å². The maximum absolute atomic E-state index is 12.5. The van der Waals surface area contributed by atoms with E-state index in [4.69, 9.17) is 4.74 Å². The molecule has 1 aromatic carbocycles. The van der Waals surface area contributed by atoms with Crippen molar-refractivity contribution >= 4 is 5.91 Å². The van der Waals surface area contributed by atoms with Gasteiger partial charge in [0, 0.05) is 31.1 Å². The highest BCUT2D eigenvalue weighted by atomic mass is 16.5. The summed E-state index contributed by atoms with van der Waals surface area (Å²) >= 11 is 0. The second-order valence-electron chi connectivity index (χ2n) is 8.15. The van der Waals surface area contributed by atoms with E-state index < -0.39 is 0 Å². The van der Waals surface area contributed by atoms with Crippen LogP contribution < -0.4 is 5.32 Å². The molecule has 1 amide bonds. The zero-order chi connectivity index (χ0) is 20.1. The molecule has 7 nitrogen and oxygen atoms in total. The third-order valence-corrected chi connectivity index (χ3v) is 6.51. The summed E-state index contributed by atoms with van der Waals surface area (Å²) in [5, 5.41) is 14.0. The molecule has 1 aromatic heterocycles. The third-order valence-electron chi connectivity index (χ3n) is 6.51. The van der Waals surface area contributed by atoms with E-state index in [0.29, 0.717) is 12.2 Å². The Kier molecular flexibility index (Phi) is 6.28. The SMILES string of the molecule is O=C(NC[C@]1(c2ccccc2)CC[C@H](O)[C@@H](N2CCOCC2)CC1)c1cnc[nH]1. The van der Waals surface area contributed by atoms with E-state index in [0.717, 1.165) is 52.0 Å². The molecule has 29 heavy (non-hydrogen) atoms. The summed E-state index contributed by atoms with van der Waals surface area (Å²) in [6.45, 7) is 3.74. The van der Waals surface area contributed by atoms with E-state index >= 15 is 0 Å². The minimum absolute atomic E-state index is 0.146. The van der Waals surface area contributed by atoms with E-state index in [1.54, 1.807) is 0 Å². The molecule has 2 heterocycles. The summed E-state index contributed by atoms with van der Waals surface area (Å²) in [6, 6.07) is 10.5. The lowest BCUT2D eigenvalue weighted by molar-refractivity contribution is -0.0236. The van der Waals surface area contributed by atoms with Crippen LogP contribution in [0.5, 0.6) is 0 Å². The molecule has 1 saturated carbocycles. The van der Waals surface area contributed by atoms with Crippen molar-refractivity contribution in [2.45, 2.75) is 43.2 Å². The highest BCUT2D eigenvalue weighted by Gasteiger charge is 2.40. The van der Waals surface area contributed by atoms with Gasteiger partial charge in [0.1, 0.15) is 5.69 Å². The molecule has 2 fully saturated rings. The van der Waals surface area contributed by atoms with Crippen molar-refractivity contribution in [2.24, 2.45) is 0 Å². The second-order valence-corrected chi connectivity index (χ2v) is 8.15. The van der Waals surface area contributed by atoms with Crippen molar-refractivity contribution < 1.29 is 14.6 Å². The van der Waals surface area contributed by atoms with Gasteiger partial charge in [-0.15, -0.1) is 0 Å². The molecule has 2 aliphatic rings. The van der Waals surface area contributed by atoms with E-state index in [1.807, 2.05) is 6.07 Å². The highest BCUT2D eigenvalue weighted by molar-refractivity contribution is 5.92. The Labute approximate surface area is 171 Å². The smallest absolute Gasteiger partial charge is 0.269 e. The zero-order valence-electron chi connectivity index (χ0n) is 16.7. The molecule has 0 spiro atoms. The molecule has 1 aliphatic carbocycles. The maximum atomic E-state index is 12.5. The number of amides is 1. The number of benzene rings is 1. The molecule has 3 atom stereocenters. The number of carbonyl (C=O) groups is 1. The van der Waals surface area contributed by atoms with Gasteiger partial charge in [0.25, 0.3) is 5.91 Å². The van der Waals surface area contributed by atoms with E-state index in [9.17, 15) is 9.90 Å². The van der Waals surface area contributed by atoms with Gasteiger partial charge in [-0.3, -0.25) is 9.69 Å². The topological polar surface area (TPSA) is 90.5 Å². The second kappa shape index (κ2) is 9.07. The number of aliphatic hydroxyl groups excluding tert-OH is 1. The van der Waals surface area contributed by atoms with Gasteiger partial charge in [-0.25, -0.2) is 4.98 Å². The summed E-state index contributed by atoms with van der Waals surface area (Å²) in [4.78, 5) is 21.7. The molecular formula is C22H30N4O3. The quantitative estimate of drug-likeness (QED) is 0.667.